The summed E-state index contributed by atoms with van der Waals surface area (Å²) in [6.45, 7) is 5.21. The van der Waals surface area contributed by atoms with E-state index < -0.39 is 29.7 Å². The van der Waals surface area contributed by atoms with Crippen molar-refractivity contribution in [2.75, 3.05) is 0 Å². The molecule has 2 rings (SSSR count). The van der Waals surface area contributed by atoms with Gasteiger partial charge in [0.15, 0.2) is 0 Å². The molecule has 0 saturated carbocycles. The van der Waals surface area contributed by atoms with Gasteiger partial charge in [-0.3, -0.25) is 4.79 Å². The van der Waals surface area contributed by atoms with Gasteiger partial charge in [0.05, 0.1) is 6.04 Å². The Hall–Kier alpha value is -2.53. The number of rotatable bonds is 4. The van der Waals surface area contributed by atoms with E-state index in [1.165, 1.54) is 0 Å². The van der Waals surface area contributed by atoms with Gasteiger partial charge in [0, 0.05) is 4.91 Å². The Kier molecular flexibility index (Phi) is 4.91. The molecule has 0 spiro atoms. The number of benzene rings is 1. The van der Waals surface area contributed by atoms with Crippen LogP contribution in [0.25, 0.3) is 10.4 Å². The van der Waals surface area contributed by atoms with E-state index in [0.29, 0.717) is 12.8 Å². The highest BCUT2D eigenvalue weighted by molar-refractivity contribution is 6.01. The highest BCUT2D eigenvalue weighted by Crippen LogP contribution is 2.29. The lowest BCUT2D eigenvalue weighted by molar-refractivity contribution is -0.147. The molecule has 1 aliphatic heterocycles. The molecule has 0 bridgehead atoms. The maximum atomic E-state index is 12.2. The topological polar surface area (TPSA) is 95.4 Å². The van der Waals surface area contributed by atoms with Gasteiger partial charge < -0.3 is 4.74 Å². The van der Waals surface area contributed by atoms with E-state index in [1.54, 1.807) is 20.8 Å². The van der Waals surface area contributed by atoms with Crippen LogP contribution >= 0.6 is 0 Å². The summed E-state index contributed by atoms with van der Waals surface area (Å²) in [5, 5.41) is 3.52. The monoisotopic (exact) mass is 316 g/mol. The average molecular weight is 316 g/mol. The van der Waals surface area contributed by atoms with Crippen LogP contribution in [0.15, 0.2) is 35.4 Å². The number of amides is 2. The maximum Gasteiger partial charge on any atom is 0.417 e. The minimum atomic E-state index is -0.837. The van der Waals surface area contributed by atoms with Gasteiger partial charge in [-0.1, -0.05) is 35.4 Å². The smallest absolute Gasteiger partial charge is 0.417 e. The first-order valence-corrected chi connectivity index (χ1v) is 7.47. The van der Waals surface area contributed by atoms with Crippen molar-refractivity contribution in [2.45, 2.75) is 51.3 Å². The molecule has 23 heavy (non-hydrogen) atoms. The number of hydrogen-bond donors (Lipinski definition) is 0. The number of imide groups is 1. The number of aryl methyl sites for hydroxylation is 1. The van der Waals surface area contributed by atoms with Crippen molar-refractivity contribution in [2.24, 2.45) is 5.11 Å². The van der Waals surface area contributed by atoms with Gasteiger partial charge in [-0.15, -0.1) is 0 Å². The summed E-state index contributed by atoms with van der Waals surface area (Å²) in [4.78, 5) is 28.0. The lowest BCUT2D eigenvalue weighted by Crippen LogP contribution is -2.66. The zero-order valence-electron chi connectivity index (χ0n) is 13.5. The molecule has 2 amide bonds. The van der Waals surface area contributed by atoms with Crippen LogP contribution in [0.1, 0.15) is 32.8 Å². The fourth-order valence-electron chi connectivity index (χ4n) is 2.49. The maximum absolute atomic E-state index is 12.2. The number of carbonyl (C=O) groups excluding carboxylic acids is 2. The summed E-state index contributed by atoms with van der Waals surface area (Å²) < 4.78 is 5.25. The minimum absolute atomic E-state index is 0.464. The Labute approximate surface area is 134 Å². The Morgan fingerprint density at radius 1 is 1.35 bits per heavy atom. The van der Waals surface area contributed by atoms with Gasteiger partial charge in [0.2, 0.25) is 5.91 Å². The van der Waals surface area contributed by atoms with Crippen molar-refractivity contribution in [1.29, 1.82) is 0 Å². The quantitative estimate of drug-likeness (QED) is 0.368. The van der Waals surface area contributed by atoms with E-state index in [2.05, 4.69) is 10.0 Å². The number of nitrogens with zero attached hydrogens (tertiary/aromatic N) is 4. The summed E-state index contributed by atoms with van der Waals surface area (Å²) in [7, 11) is 0. The number of hydrogen-bond acceptors (Lipinski definition) is 4. The summed E-state index contributed by atoms with van der Waals surface area (Å²) in [6, 6.07) is 8.42. The fraction of sp³-hybridized carbons (Fsp3) is 0.500. The highest BCUT2D eigenvalue weighted by Gasteiger charge is 2.51. The third kappa shape index (κ3) is 4.02. The zero-order valence-corrected chi connectivity index (χ0v) is 13.5. The molecule has 1 fully saturated rings. The van der Waals surface area contributed by atoms with Crippen molar-refractivity contribution in [3.05, 3.63) is 46.3 Å². The summed E-state index contributed by atoms with van der Waals surface area (Å²) in [6.07, 6.45) is 0.513. The number of ether oxygens (including phenoxy) is 1. The van der Waals surface area contributed by atoms with Crippen LogP contribution in [0.4, 0.5) is 4.79 Å². The summed E-state index contributed by atoms with van der Waals surface area (Å²) in [5.74, 6) is -0.505. The number of likely N-dealkylation sites (tertiary alicyclic amines) is 1. The second-order valence-electron chi connectivity index (χ2n) is 6.43. The molecule has 1 aliphatic rings. The summed E-state index contributed by atoms with van der Waals surface area (Å²) in [5.41, 5.74) is 9.01. The van der Waals surface area contributed by atoms with E-state index in [0.717, 1.165) is 10.5 Å². The second-order valence-corrected chi connectivity index (χ2v) is 6.43. The van der Waals surface area contributed by atoms with Crippen LogP contribution in [0.5, 0.6) is 0 Å². The van der Waals surface area contributed by atoms with Crippen molar-refractivity contribution in [1.82, 2.24) is 4.90 Å². The first kappa shape index (κ1) is 16.8. The molecule has 0 aromatic heterocycles. The lowest BCUT2D eigenvalue weighted by atomic mass is 9.90. The highest BCUT2D eigenvalue weighted by atomic mass is 16.6. The predicted molar refractivity (Wildman–Crippen MR) is 84.6 cm³/mol. The molecule has 7 heteroatoms. The number of azide groups is 1. The molecule has 0 aliphatic carbocycles. The van der Waals surface area contributed by atoms with Crippen molar-refractivity contribution in [3.63, 3.8) is 0 Å². The molecule has 1 aromatic rings. The first-order chi connectivity index (χ1) is 10.8. The molecular formula is C16H20N4O3. The number of β-lactam (4-membered cyclic amide) rings is 1. The SMILES string of the molecule is CC(C)(C)OC(=O)N1C(=O)[C@H](N=[N+]=[N-])[C@H]1CCc1ccccc1. The van der Waals surface area contributed by atoms with Crippen molar-refractivity contribution in [3.8, 4) is 0 Å². The van der Waals surface area contributed by atoms with E-state index in [1.807, 2.05) is 30.3 Å². The molecule has 1 saturated heterocycles. The van der Waals surface area contributed by atoms with Gasteiger partial charge in [-0.2, -0.15) is 0 Å². The molecule has 1 aromatic carbocycles. The molecular weight excluding hydrogens is 296 g/mol. The third-order valence-corrected chi connectivity index (χ3v) is 3.52. The molecule has 1 heterocycles. The van der Waals surface area contributed by atoms with Gasteiger partial charge in [0.1, 0.15) is 11.6 Å². The van der Waals surface area contributed by atoms with Crippen molar-refractivity contribution >= 4 is 12.0 Å². The van der Waals surface area contributed by atoms with E-state index in [-0.39, 0.29) is 0 Å². The van der Waals surface area contributed by atoms with E-state index >= 15 is 0 Å². The summed E-state index contributed by atoms with van der Waals surface area (Å²) >= 11 is 0. The van der Waals surface area contributed by atoms with E-state index in [9.17, 15) is 9.59 Å². The molecule has 0 unspecified atom stereocenters. The van der Waals surface area contributed by atoms with Gasteiger partial charge in [-0.05, 0) is 44.7 Å². The largest absolute Gasteiger partial charge is 0.443 e. The Morgan fingerprint density at radius 2 is 2.00 bits per heavy atom. The first-order valence-electron chi connectivity index (χ1n) is 7.47. The molecule has 2 atom stereocenters. The normalized spacial score (nSPS) is 20.5. The Bertz CT molecular complexity index is 632. The van der Waals surface area contributed by atoms with Gasteiger partial charge in [0.25, 0.3) is 0 Å². The standard InChI is InChI=1S/C16H20N4O3/c1-16(2,3)23-15(22)20-12(13(14(20)21)18-19-17)10-9-11-7-5-4-6-8-11/h4-8,12-13H,9-10H2,1-3H3/t12-,13-/m1/s1. The van der Waals surface area contributed by atoms with E-state index in [4.69, 9.17) is 10.3 Å². The molecule has 122 valence electrons. The number of carbonyl (C=O) groups is 2. The lowest BCUT2D eigenvalue weighted by Gasteiger charge is -2.43. The fourth-order valence-corrected chi connectivity index (χ4v) is 2.49. The zero-order chi connectivity index (χ0) is 17.0. The molecule has 0 N–H and O–H groups in total. The van der Waals surface area contributed by atoms with Gasteiger partial charge >= 0.3 is 6.09 Å². The van der Waals surface area contributed by atoms with Crippen LogP contribution < -0.4 is 0 Å². The van der Waals surface area contributed by atoms with Crippen LogP contribution in [0, 0.1) is 0 Å². The van der Waals surface area contributed by atoms with Crippen LogP contribution in [0.3, 0.4) is 0 Å². The molecule has 7 nitrogen and oxygen atoms in total. The minimum Gasteiger partial charge on any atom is -0.443 e. The van der Waals surface area contributed by atoms with Gasteiger partial charge in [-0.25, -0.2) is 9.69 Å². The third-order valence-electron chi connectivity index (χ3n) is 3.52. The Balaban J connectivity index is 2.09. The van der Waals surface area contributed by atoms with Crippen LogP contribution in [0.2, 0.25) is 0 Å². The second kappa shape index (κ2) is 6.71. The predicted octanol–water partition coefficient (Wildman–Crippen LogP) is 3.44. The molecule has 0 radical (unpaired) electrons. The average Bonchev–Trinajstić information content (AvgIpc) is 2.47. The van der Waals surface area contributed by atoms with Crippen LogP contribution in [-0.4, -0.2) is 34.6 Å². The van der Waals surface area contributed by atoms with Crippen molar-refractivity contribution < 1.29 is 14.3 Å². The Morgan fingerprint density at radius 3 is 2.57 bits per heavy atom. The van der Waals surface area contributed by atoms with Crippen LogP contribution in [-0.2, 0) is 16.0 Å².